The molecular weight excluding hydrogens is 192 g/mol. The fraction of sp³-hybridized carbons (Fsp3) is 0.222. The summed E-state index contributed by atoms with van der Waals surface area (Å²) < 4.78 is 0. The molecule has 1 aromatic rings. The lowest BCUT2D eigenvalue weighted by molar-refractivity contribution is -0.146. The summed E-state index contributed by atoms with van der Waals surface area (Å²) in [5.41, 5.74) is 1.09. The SMILES string of the molecule is Cc1ccc(Cl)c(C(O)C(=O)O)c1. The molecule has 0 saturated heterocycles. The fourth-order valence-electron chi connectivity index (χ4n) is 1.01. The Labute approximate surface area is 80.6 Å². The molecule has 0 saturated carbocycles. The number of aliphatic hydroxyl groups excluding tert-OH is 1. The van der Waals surface area contributed by atoms with Crippen LogP contribution in [0.15, 0.2) is 18.2 Å². The van der Waals surface area contributed by atoms with Gasteiger partial charge in [0.25, 0.3) is 0 Å². The standard InChI is InChI=1S/C9H9ClO3/c1-5-2-3-7(10)6(4-5)8(11)9(12)13/h2-4,8,11H,1H3,(H,12,13). The average molecular weight is 201 g/mol. The van der Waals surface area contributed by atoms with Crippen molar-refractivity contribution in [2.75, 3.05) is 0 Å². The summed E-state index contributed by atoms with van der Waals surface area (Å²) in [6.45, 7) is 1.80. The summed E-state index contributed by atoms with van der Waals surface area (Å²) in [6.07, 6.45) is -1.55. The first-order valence-corrected chi connectivity index (χ1v) is 4.07. The third-order valence-corrected chi connectivity index (χ3v) is 2.02. The van der Waals surface area contributed by atoms with Crippen LogP contribution in [-0.2, 0) is 4.79 Å². The maximum absolute atomic E-state index is 10.5. The molecule has 0 aliphatic heterocycles. The molecule has 0 amide bonds. The van der Waals surface area contributed by atoms with Crippen molar-refractivity contribution in [1.29, 1.82) is 0 Å². The Morgan fingerprint density at radius 3 is 2.69 bits per heavy atom. The normalized spacial score (nSPS) is 12.5. The van der Waals surface area contributed by atoms with Crippen molar-refractivity contribution in [2.24, 2.45) is 0 Å². The van der Waals surface area contributed by atoms with E-state index in [2.05, 4.69) is 0 Å². The van der Waals surface area contributed by atoms with Crippen molar-refractivity contribution in [2.45, 2.75) is 13.0 Å². The highest BCUT2D eigenvalue weighted by Gasteiger charge is 2.18. The van der Waals surface area contributed by atoms with Crippen molar-refractivity contribution in [3.63, 3.8) is 0 Å². The van der Waals surface area contributed by atoms with E-state index in [9.17, 15) is 9.90 Å². The van der Waals surface area contributed by atoms with E-state index < -0.39 is 12.1 Å². The van der Waals surface area contributed by atoms with Crippen LogP contribution in [0.2, 0.25) is 5.02 Å². The van der Waals surface area contributed by atoms with E-state index in [4.69, 9.17) is 16.7 Å². The molecule has 2 N–H and O–H groups in total. The number of carboxylic acids is 1. The van der Waals surface area contributed by atoms with Gasteiger partial charge in [-0.25, -0.2) is 4.79 Å². The topological polar surface area (TPSA) is 57.5 Å². The van der Waals surface area contributed by atoms with Crippen LogP contribution in [0.4, 0.5) is 0 Å². The molecular formula is C9H9ClO3. The van der Waals surface area contributed by atoms with Crippen LogP contribution in [0.5, 0.6) is 0 Å². The second-order valence-corrected chi connectivity index (χ2v) is 3.17. The Morgan fingerprint density at radius 1 is 1.54 bits per heavy atom. The molecule has 3 nitrogen and oxygen atoms in total. The highest BCUT2D eigenvalue weighted by atomic mass is 35.5. The molecule has 0 heterocycles. The Kier molecular flexibility index (Phi) is 2.90. The lowest BCUT2D eigenvalue weighted by Gasteiger charge is -2.08. The van der Waals surface area contributed by atoms with E-state index in [-0.39, 0.29) is 10.6 Å². The summed E-state index contributed by atoms with van der Waals surface area (Å²) in [5, 5.41) is 18.0. The number of aliphatic carboxylic acids is 1. The summed E-state index contributed by atoms with van der Waals surface area (Å²) >= 11 is 5.71. The van der Waals surface area contributed by atoms with Gasteiger partial charge in [-0.15, -0.1) is 0 Å². The molecule has 0 radical (unpaired) electrons. The van der Waals surface area contributed by atoms with E-state index >= 15 is 0 Å². The molecule has 70 valence electrons. The zero-order valence-corrected chi connectivity index (χ0v) is 7.75. The molecule has 0 bridgehead atoms. The predicted octanol–water partition coefficient (Wildman–Crippen LogP) is 1.77. The van der Waals surface area contributed by atoms with Gasteiger partial charge in [0.1, 0.15) is 0 Å². The molecule has 1 atom stereocenters. The van der Waals surface area contributed by atoms with E-state index in [1.807, 2.05) is 0 Å². The third kappa shape index (κ3) is 2.20. The van der Waals surface area contributed by atoms with Crippen LogP contribution < -0.4 is 0 Å². The van der Waals surface area contributed by atoms with Gasteiger partial charge in [0.05, 0.1) is 0 Å². The van der Waals surface area contributed by atoms with Gasteiger partial charge in [-0.2, -0.15) is 0 Å². The smallest absolute Gasteiger partial charge is 0.337 e. The van der Waals surface area contributed by atoms with Gasteiger partial charge in [0, 0.05) is 10.6 Å². The van der Waals surface area contributed by atoms with Crippen molar-refractivity contribution in [1.82, 2.24) is 0 Å². The van der Waals surface area contributed by atoms with Gasteiger partial charge in [-0.3, -0.25) is 0 Å². The van der Waals surface area contributed by atoms with Gasteiger partial charge >= 0.3 is 5.97 Å². The van der Waals surface area contributed by atoms with Crippen LogP contribution in [0.25, 0.3) is 0 Å². The largest absolute Gasteiger partial charge is 0.479 e. The van der Waals surface area contributed by atoms with E-state index in [0.29, 0.717) is 0 Å². The highest BCUT2D eigenvalue weighted by Crippen LogP contribution is 2.24. The van der Waals surface area contributed by atoms with Crippen molar-refractivity contribution in [3.05, 3.63) is 34.3 Å². The average Bonchev–Trinajstić information content (AvgIpc) is 2.08. The van der Waals surface area contributed by atoms with E-state index in [1.54, 1.807) is 25.1 Å². The minimum Gasteiger partial charge on any atom is -0.479 e. The zero-order valence-electron chi connectivity index (χ0n) is 6.99. The molecule has 1 unspecified atom stereocenters. The summed E-state index contributed by atoms with van der Waals surface area (Å²) in [4.78, 5) is 10.5. The zero-order chi connectivity index (χ0) is 10.0. The summed E-state index contributed by atoms with van der Waals surface area (Å²) in [6, 6.07) is 4.87. The number of aliphatic hydroxyl groups is 1. The van der Waals surface area contributed by atoms with Crippen LogP contribution in [0, 0.1) is 6.92 Å². The van der Waals surface area contributed by atoms with Gasteiger partial charge in [-0.1, -0.05) is 29.3 Å². The third-order valence-electron chi connectivity index (χ3n) is 1.68. The molecule has 0 aliphatic rings. The van der Waals surface area contributed by atoms with Gasteiger partial charge in [-0.05, 0) is 13.0 Å². The van der Waals surface area contributed by atoms with Crippen LogP contribution in [-0.4, -0.2) is 16.2 Å². The number of carboxylic acid groups (broad SMARTS) is 1. The van der Waals surface area contributed by atoms with Crippen LogP contribution in [0.1, 0.15) is 17.2 Å². The number of hydrogen-bond donors (Lipinski definition) is 2. The maximum Gasteiger partial charge on any atom is 0.337 e. The van der Waals surface area contributed by atoms with Crippen LogP contribution in [0.3, 0.4) is 0 Å². The summed E-state index contributed by atoms with van der Waals surface area (Å²) in [7, 11) is 0. The molecule has 0 aliphatic carbocycles. The highest BCUT2D eigenvalue weighted by molar-refractivity contribution is 6.31. The number of carbonyl (C=O) groups is 1. The van der Waals surface area contributed by atoms with Gasteiger partial charge in [0.15, 0.2) is 6.10 Å². The van der Waals surface area contributed by atoms with E-state index in [0.717, 1.165) is 5.56 Å². The Bertz CT molecular complexity index is 336. The molecule has 0 spiro atoms. The molecule has 0 aromatic heterocycles. The minimum absolute atomic E-state index is 0.231. The second-order valence-electron chi connectivity index (χ2n) is 2.77. The molecule has 0 fully saturated rings. The van der Waals surface area contributed by atoms with Gasteiger partial charge in [0.2, 0.25) is 0 Å². The summed E-state index contributed by atoms with van der Waals surface area (Å²) in [5.74, 6) is -1.30. The number of rotatable bonds is 2. The molecule has 1 rings (SSSR count). The second kappa shape index (κ2) is 3.77. The quantitative estimate of drug-likeness (QED) is 0.765. The first kappa shape index (κ1) is 10.0. The first-order valence-electron chi connectivity index (χ1n) is 3.69. The van der Waals surface area contributed by atoms with Crippen molar-refractivity contribution < 1.29 is 15.0 Å². The number of halogens is 1. The number of aryl methyl sites for hydroxylation is 1. The van der Waals surface area contributed by atoms with E-state index in [1.165, 1.54) is 0 Å². The minimum atomic E-state index is -1.55. The Balaban J connectivity index is 3.12. The monoisotopic (exact) mass is 200 g/mol. The van der Waals surface area contributed by atoms with Crippen molar-refractivity contribution >= 4 is 17.6 Å². The Morgan fingerprint density at radius 2 is 2.15 bits per heavy atom. The number of hydrogen-bond acceptors (Lipinski definition) is 2. The maximum atomic E-state index is 10.5. The first-order chi connectivity index (χ1) is 6.02. The lowest BCUT2D eigenvalue weighted by atomic mass is 10.1. The fourth-order valence-corrected chi connectivity index (χ4v) is 1.23. The van der Waals surface area contributed by atoms with Crippen molar-refractivity contribution in [3.8, 4) is 0 Å². The predicted molar refractivity (Wildman–Crippen MR) is 48.8 cm³/mol. The Hall–Kier alpha value is -1.06. The number of benzene rings is 1. The van der Waals surface area contributed by atoms with Crippen LogP contribution >= 0.6 is 11.6 Å². The van der Waals surface area contributed by atoms with Gasteiger partial charge < -0.3 is 10.2 Å². The lowest BCUT2D eigenvalue weighted by Crippen LogP contribution is -2.11. The molecule has 13 heavy (non-hydrogen) atoms. The molecule has 4 heteroatoms. The molecule has 1 aromatic carbocycles.